The third kappa shape index (κ3) is 3.08. The molecule has 2 rings (SSSR count). The van der Waals surface area contributed by atoms with Gasteiger partial charge in [0.15, 0.2) is 11.5 Å². The molecule has 0 atom stereocenters. The van der Waals surface area contributed by atoms with Gasteiger partial charge < -0.3 is 14.4 Å². The second-order valence-corrected chi connectivity index (χ2v) is 5.52. The van der Waals surface area contributed by atoms with Crippen LogP contribution in [0.5, 0.6) is 11.5 Å². The molecule has 1 heterocycles. The molecule has 1 aromatic rings. The Labute approximate surface area is 128 Å². The summed E-state index contributed by atoms with van der Waals surface area (Å²) in [5.74, 6) is 1.41. The number of alkyl halides is 1. The van der Waals surface area contributed by atoms with E-state index >= 15 is 0 Å². The lowest BCUT2D eigenvalue weighted by molar-refractivity contribution is 0.0682. The maximum Gasteiger partial charge on any atom is 0.254 e. The average molecular weight is 342 g/mol. The molecule has 0 aliphatic carbocycles. The molecule has 0 aromatic heterocycles. The molecule has 0 N–H and O–H groups in total. The lowest BCUT2D eigenvalue weighted by Gasteiger charge is -2.30. The maximum atomic E-state index is 12.7. The number of fused-ring (bicyclic) bond motifs is 1. The number of halogens is 1. The van der Waals surface area contributed by atoms with Gasteiger partial charge in [-0.05, 0) is 31.0 Å². The molecule has 0 saturated heterocycles. The lowest BCUT2D eigenvalue weighted by atomic mass is 10.1. The number of benzene rings is 1. The van der Waals surface area contributed by atoms with Crippen LogP contribution in [0.25, 0.3) is 0 Å². The van der Waals surface area contributed by atoms with Crippen LogP contribution in [0.3, 0.4) is 0 Å². The monoisotopic (exact) mass is 341 g/mol. The molecule has 0 unspecified atom stereocenters. The third-order valence-corrected chi connectivity index (χ3v) is 3.94. The topological polar surface area (TPSA) is 38.8 Å². The van der Waals surface area contributed by atoms with Gasteiger partial charge in [-0.25, -0.2) is 0 Å². The molecule has 0 bridgehead atoms. The van der Waals surface area contributed by atoms with Crippen molar-refractivity contribution >= 4 is 21.8 Å². The number of nitrogens with zero attached hydrogens (tertiary/aromatic N) is 1. The summed E-state index contributed by atoms with van der Waals surface area (Å²) >= 11 is 3.43. The largest absolute Gasteiger partial charge is 0.454 e. The predicted molar refractivity (Wildman–Crippen MR) is 81.8 cm³/mol. The van der Waals surface area contributed by atoms with Crippen molar-refractivity contribution in [2.24, 2.45) is 0 Å². The van der Waals surface area contributed by atoms with Crippen LogP contribution >= 0.6 is 15.9 Å². The highest BCUT2D eigenvalue weighted by Gasteiger charge is 2.24. The molecule has 4 nitrogen and oxygen atoms in total. The van der Waals surface area contributed by atoms with Crippen molar-refractivity contribution in [3.63, 3.8) is 0 Å². The summed E-state index contributed by atoms with van der Waals surface area (Å²) in [5.41, 5.74) is 0.655. The normalized spacial score (nSPS) is 12.8. The number of hydrogen-bond acceptors (Lipinski definition) is 3. The van der Waals surface area contributed by atoms with Crippen molar-refractivity contribution < 1.29 is 14.3 Å². The van der Waals surface area contributed by atoms with Gasteiger partial charge in [0.05, 0.1) is 0 Å². The number of ether oxygens (including phenoxy) is 2. The first-order valence-electron chi connectivity index (χ1n) is 6.97. The number of carbonyl (C=O) groups is 1. The SMILES string of the molecule is CCC(CC)N(CCBr)C(=O)c1ccc2c(c1)OCO2. The standard InChI is InChI=1S/C15H20BrNO3/c1-3-12(4-2)17(8-7-16)15(18)11-5-6-13-14(9-11)20-10-19-13/h5-6,9,12H,3-4,7-8,10H2,1-2H3. The average Bonchev–Trinajstić information content (AvgIpc) is 2.94. The van der Waals surface area contributed by atoms with E-state index in [1.165, 1.54) is 0 Å². The molecule has 1 aliphatic heterocycles. The number of hydrogen-bond donors (Lipinski definition) is 0. The lowest BCUT2D eigenvalue weighted by Crippen LogP contribution is -2.41. The zero-order chi connectivity index (χ0) is 14.5. The predicted octanol–water partition coefficient (Wildman–Crippen LogP) is 3.44. The van der Waals surface area contributed by atoms with Gasteiger partial charge in [0.25, 0.3) is 5.91 Å². The molecule has 20 heavy (non-hydrogen) atoms. The van der Waals surface area contributed by atoms with Crippen LogP contribution in [0.15, 0.2) is 18.2 Å². The Kier molecular flexibility index (Phi) is 5.29. The summed E-state index contributed by atoms with van der Waals surface area (Å²) in [4.78, 5) is 14.6. The smallest absolute Gasteiger partial charge is 0.254 e. The van der Waals surface area contributed by atoms with Crippen LogP contribution in [-0.2, 0) is 0 Å². The summed E-state index contributed by atoms with van der Waals surface area (Å²) in [6, 6.07) is 5.65. The second-order valence-electron chi connectivity index (χ2n) is 4.73. The van der Waals surface area contributed by atoms with Crippen molar-refractivity contribution in [3.05, 3.63) is 23.8 Å². The van der Waals surface area contributed by atoms with Crippen LogP contribution < -0.4 is 9.47 Å². The molecular weight excluding hydrogens is 322 g/mol. The van der Waals surface area contributed by atoms with E-state index in [0.29, 0.717) is 23.6 Å². The molecule has 1 amide bonds. The number of amides is 1. The van der Waals surface area contributed by atoms with E-state index in [-0.39, 0.29) is 18.7 Å². The van der Waals surface area contributed by atoms with E-state index in [1.54, 1.807) is 18.2 Å². The molecule has 1 aliphatic rings. The summed E-state index contributed by atoms with van der Waals surface area (Å²) in [7, 11) is 0. The van der Waals surface area contributed by atoms with Gasteiger partial charge in [-0.3, -0.25) is 4.79 Å². The van der Waals surface area contributed by atoms with E-state index < -0.39 is 0 Å². The summed E-state index contributed by atoms with van der Waals surface area (Å²) < 4.78 is 10.6. The highest BCUT2D eigenvalue weighted by Crippen LogP contribution is 2.33. The molecule has 110 valence electrons. The zero-order valence-electron chi connectivity index (χ0n) is 11.9. The minimum absolute atomic E-state index is 0.0523. The Hall–Kier alpha value is -1.23. The Morgan fingerprint density at radius 3 is 2.65 bits per heavy atom. The number of rotatable bonds is 6. The van der Waals surface area contributed by atoms with E-state index in [9.17, 15) is 4.79 Å². The Balaban J connectivity index is 2.22. The van der Waals surface area contributed by atoms with Crippen molar-refractivity contribution in [1.29, 1.82) is 0 Å². The van der Waals surface area contributed by atoms with Gasteiger partial charge in [-0.15, -0.1) is 0 Å². The Morgan fingerprint density at radius 1 is 1.30 bits per heavy atom. The fraction of sp³-hybridized carbons (Fsp3) is 0.533. The van der Waals surface area contributed by atoms with Crippen LogP contribution in [0.1, 0.15) is 37.0 Å². The first-order valence-corrected chi connectivity index (χ1v) is 8.10. The van der Waals surface area contributed by atoms with E-state index in [1.807, 2.05) is 4.90 Å². The fourth-order valence-electron chi connectivity index (χ4n) is 2.47. The second kappa shape index (κ2) is 6.97. The highest BCUT2D eigenvalue weighted by atomic mass is 79.9. The van der Waals surface area contributed by atoms with E-state index in [2.05, 4.69) is 29.8 Å². The van der Waals surface area contributed by atoms with Gasteiger partial charge >= 0.3 is 0 Å². The fourth-order valence-corrected chi connectivity index (χ4v) is 2.85. The van der Waals surface area contributed by atoms with Crippen LogP contribution in [0.2, 0.25) is 0 Å². The van der Waals surface area contributed by atoms with Gasteiger partial charge in [0.1, 0.15) is 0 Å². The molecule has 5 heteroatoms. The van der Waals surface area contributed by atoms with E-state index in [0.717, 1.165) is 18.2 Å². The molecule has 0 radical (unpaired) electrons. The first-order chi connectivity index (χ1) is 9.71. The van der Waals surface area contributed by atoms with Crippen molar-refractivity contribution in [3.8, 4) is 11.5 Å². The summed E-state index contributed by atoms with van der Waals surface area (Å²) in [6.45, 7) is 5.16. The van der Waals surface area contributed by atoms with Gasteiger partial charge in [0.2, 0.25) is 6.79 Å². The number of carbonyl (C=O) groups excluding carboxylic acids is 1. The van der Waals surface area contributed by atoms with Gasteiger partial charge in [0, 0.05) is 23.5 Å². The third-order valence-electron chi connectivity index (χ3n) is 3.59. The van der Waals surface area contributed by atoms with Gasteiger partial charge in [-0.2, -0.15) is 0 Å². The first kappa shape index (κ1) is 15.2. The quantitative estimate of drug-likeness (QED) is 0.744. The Bertz CT molecular complexity index is 474. The maximum absolute atomic E-state index is 12.7. The van der Waals surface area contributed by atoms with E-state index in [4.69, 9.17) is 9.47 Å². The summed E-state index contributed by atoms with van der Waals surface area (Å²) in [5, 5.41) is 0.778. The molecule has 1 aromatic carbocycles. The van der Waals surface area contributed by atoms with Gasteiger partial charge in [-0.1, -0.05) is 29.8 Å². The molecule has 0 spiro atoms. The zero-order valence-corrected chi connectivity index (χ0v) is 13.5. The van der Waals surface area contributed by atoms with Crippen molar-refractivity contribution in [2.75, 3.05) is 18.7 Å². The van der Waals surface area contributed by atoms with Crippen molar-refractivity contribution in [2.45, 2.75) is 32.7 Å². The minimum Gasteiger partial charge on any atom is -0.454 e. The molecule has 0 fully saturated rings. The highest BCUT2D eigenvalue weighted by molar-refractivity contribution is 9.09. The van der Waals surface area contributed by atoms with Crippen LogP contribution in [-0.4, -0.2) is 35.5 Å². The van der Waals surface area contributed by atoms with Crippen LogP contribution in [0.4, 0.5) is 0 Å². The molecule has 0 saturated carbocycles. The minimum atomic E-state index is 0.0523. The van der Waals surface area contributed by atoms with Crippen LogP contribution in [0, 0.1) is 0 Å². The molecular formula is C15H20BrNO3. The summed E-state index contributed by atoms with van der Waals surface area (Å²) in [6.07, 6.45) is 1.92. The van der Waals surface area contributed by atoms with Crippen molar-refractivity contribution in [1.82, 2.24) is 4.90 Å². The Morgan fingerprint density at radius 2 is 2.00 bits per heavy atom.